The molecule has 1 amide bonds. The zero-order valence-electron chi connectivity index (χ0n) is 19.5. The highest BCUT2D eigenvalue weighted by Gasteiger charge is 2.41. The summed E-state index contributed by atoms with van der Waals surface area (Å²) in [5.74, 6) is -0.0943. The Bertz CT molecular complexity index is 1110. The molecule has 180 valence electrons. The summed E-state index contributed by atoms with van der Waals surface area (Å²) in [6.07, 6.45) is 5.09. The predicted octanol–water partition coefficient (Wildman–Crippen LogP) is 5.42. The van der Waals surface area contributed by atoms with Crippen LogP contribution in [0.1, 0.15) is 49.4 Å². The van der Waals surface area contributed by atoms with Gasteiger partial charge in [0.2, 0.25) is 0 Å². The van der Waals surface area contributed by atoms with Gasteiger partial charge in [-0.05, 0) is 55.6 Å². The van der Waals surface area contributed by atoms with Crippen LogP contribution in [0.3, 0.4) is 0 Å². The van der Waals surface area contributed by atoms with Gasteiger partial charge in [-0.2, -0.15) is 0 Å². The zero-order chi connectivity index (χ0) is 23.9. The summed E-state index contributed by atoms with van der Waals surface area (Å²) in [6, 6.07) is 8.92. The van der Waals surface area contributed by atoms with E-state index in [-0.39, 0.29) is 23.7 Å². The van der Waals surface area contributed by atoms with E-state index in [1.165, 1.54) is 12.1 Å². The Morgan fingerprint density at radius 3 is 2.65 bits per heavy atom. The molecule has 4 aliphatic heterocycles. The highest BCUT2D eigenvalue weighted by atomic mass is 19.1. The Morgan fingerprint density at radius 2 is 1.94 bits per heavy atom. The van der Waals surface area contributed by atoms with Gasteiger partial charge in [-0.3, -0.25) is 4.90 Å². The van der Waals surface area contributed by atoms with Gasteiger partial charge in [0.05, 0.1) is 12.6 Å². The highest BCUT2D eigenvalue weighted by Crippen LogP contribution is 2.43. The smallest absolute Gasteiger partial charge is 0.407 e. The van der Waals surface area contributed by atoms with Crippen molar-refractivity contribution in [2.45, 2.75) is 38.8 Å². The van der Waals surface area contributed by atoms with Crippen molar-refractivity contribution in [1.29, 1.82) is 0 Å². The van der Waals surface area contributed by atoms with Crippen LogP contribution in [0.15, 0.2) is 36.4 Å². The number of amides is 1. The number of rotatable bonds is 4. The third kappa shape index (κ3) is 4.67. The number of benzene rings is 2. The van der Waals surface area contributed by atoms with Crippen molar-refractivity contribution < 1.29 is 23.0 Å². The molecular formula is C27H30F2N2O3. The van der Waals surface area contributed by atoms with Gasteiger partial charge in [-0.1, -0.05) is 38.1 Å². The maximum absolute atomic E-state index is 13.9. The molecule has 2 atom stereocenters. The minimum Gasteiger partial charge on any atom is -0.493 e. The summed E-state index contributed by atoms with van der Waals surface area (Å²) < 4.78 is 38.9. The molecule has 6 rings (SSSR count). The number of halogens is 2. The zero-order valence-corrected chi connectivity index (χ0v) is 19.5. The second-order valence-corrected chi connectivity index (χ2v) is 10.2. The lowest BCUT2D eigenvalue weighted by molar-refractivity contribution is -0.0361. The summed E-state index contributed by atoms with van der Waals surface area (Å²) in [5, 5.41) is 3.10. The Morgan fingerprint density at radius 1 is 1.15 bits per heavy atom. The molecule has 5 nitrogen and oxygen atoms in total. The van der Waals surface area contributed by atoms with Crippen molar-refractivity contribution in [3.8, 4) is 5.75 Å². The van der Waals surface area contributed by atoms with Gasteiger partial charge in [0.25, 0.3) is 0 Å². The lowest BCUT2D eigenvalue weighted by Gasteiger charge is -2.44. The molecule has 0 aromatic heterocycles. The molecule has 2 aromatic rings. The molecule has 4 aliphatic rings. The van der Waals surface area contributed by atoms with Crippen LogP contribution in [0, 0.1) is 23.0 Å². The maximum Gasteiger partial charge on any atom is 0.407 e. The van der Waals surface area contributed by atoms with Gasteiger partial charge in [-0.15, -0.1) is 0 Å². The van der Waals surface area contributed by atoms with Crippen LogP contribution in [-0.2, 0) is 4.74 Å². The van der Waals surface area contributed by atoms with Gasteiger partial charge in [-0.25, -0.2) is 13.6 Å². The Labute approximate surface area is 198 Å². The number of hydrogen-bond acceptors (Lipinski definition) is 4. The van der Waals surface area contributed by atoms with E-state index in [9.17, 15) is 13.6 Å². The molecular weight excluding hydrogens is 438 g/mol. The molecule has 0 radical (unpaired) electrons. The minimum atomic E-state index is -0.613. The SMILES string of the molecule is CC1(C)COc2cc(/C=C/c3ccc(F)cc3F)ccc2C1NC(=O)O[C@@H]1CN2CCC1CC2. The molecule has 3 fully saturated rings. The highest BCUT2D eigenvalue weighted by molar-refractivity contribution is 5.72. The van der Waals surface area contributed by atoms with E-state index in [0.717, 1.165) is 49.7 Å². The first-order valence-corrected chi connectivity index (χ1v) is 11.9. The Balaban J connectivity index is 1.31. The quantitative estimate of drug-likeness (QED) is 0.610. The van der Waals surface area contributed by atoms with E-state index in [4.69, 9.17) is 9.47 Å². The van der Waals surface area contributed by atoms with Crippen LogP contribution in [0.2, 0.25) is 0 Å². The number of alkyl carbamates (subject to hydrolysis) is 1. The third-order valence-electron chi connectivity index (χ3n) is 7.26. The van der Waals surface area contributed by atoms with Crippen molar-refractivity contribution in [2.75, 3.05) is 26.2 Å². The minimum absolute atomic E-state index is 0.0516. The van der Waals surface area contributed by atoms with Crippen molar-refractivity contribution in [1.82, 2.24) is 10.2 Å². The van der Waals surface area contributed by atoms with Crippen LogP contribution in [-0.4, -0.2) is 43.3 Å². The number of nitrogens with zero attached hydrogens (tertiary/aromatic N) is 1. The van der Waals surface area contributed by atoms with Gasteiger partial charge in [0, 0.05) is 29.2 Å². The average Bonchev–Trinajstić information content (AvgIpc) is 2.81. The third-order valence-corrected chi connectivity index (χ3v) is 7.26. The molecule has 7 heteroatoms. The van der Waals surface area contributed by atoms with Crippen LogP contribution < -0.4 is 10.1 Å². The first-order chi connectivity index (χ1) is 16.3. The number of piperidine rings is 3. The molecule has 1 N–H and O–H groups in total. The lowest BCUT2D eigenvalue weighted by Crippen LogP contribution is -2.53. The molecule has 0 aliphatic carbocycles. The molecule has 0 spiro atoms. The summed E-state index contributed by atoms with van der Waals surface area (Å²) in [6.45, 7) is 7.55. The van der Waals surface area contributed by atoms with Crippen molar-refractivity contribution >= 4 is 18.2 Å². The van der Waals surface area contributed by atoms with E-state index in [0.29, 0.717) is 23.8 Å². The molecule has 34 heavy (non-hydrogen) atoms. The summed E-state index contributed by atoms with van der Waals surface area (Å²) in [7, 11) is 0. The Hall–Kier alpha value is -2.93. The van der Waals surface area contributed by atoms with Crippen molar-refractivity contribution in [2.24, 2.45) is 11.3 Å². The first-order valence-electron chi connectivity index (χ1n) is 11.9. The lowest BCUT2D eigenvalue weighted by atomic mass is 9.79. The molecule has 4 heterocycles. The monoisotopic (exact) mass is 468 g/mol. The van der Waals surface area contributed by atoms with E-state index in [2.05, 4.69) is 24.1 Å². The largest absolute Gasteiger partial charge is 0.493 e. The maximum atomic E-state index is 13.9. The molecule has 2 aromatic carbocycles. The molecule has 1 unspecified atom stereocenters. The van der Waals surface area contributed by atoms with E-state index < -0.39 is 11.6 Å². The number of fused-ring (bicyclic) bond motifs is 4. The number of carbonyl (C=O) groups is 1. The normalized spacial score (nSPS) is 27.2. The van der Waals surface area contributed by atoms with Crippen molar-refractivity contribution in [3.05, 3.63) is 64.7 Å². The second-order valence-electron chi connectivity index (χ2n) is 10.2. The van der Waals surface area contributed by atoms with Crippen LogP contribution >= 0.6 is 0 Å². The van der Waals surface area contributed by atoms with Crippen LogP contribution in [0.4, 0.5) is 13.6 Å². The Kier molecular flexibility index (Phi) is 6.06. The van der Waals surface area contributed by atoms with Gasteiger partial charge < -0.3 is 14.8 Å². The van der Waals surface area contributed by atoms with Gasteiger partial charge >= 0.3 is 6.09 Å². The number of carbonyl (C=O) groups excluding carboxylic acids is 1. The second kappa shape index (κ2) is 9.02. The van der Waals surface area contributed by atoms with Crippen LogP contribution in [0.25, 0.3) is 12.2 Å². The van der Waals surface area contributed by atoms with E-state index >= 15 is 0 Å². The topological polar surface area (TPSA) is 50.8 Å². The average molecular weight is 469 g/mol. The fourth-order valence-electron chi connectivity index (χ4n) is 5.22. The fraction of sp³-hybridized carbons (Fsp3) is 0.444. The van der Waals surface area contributed by atoms with Crippen molar-refractivity contribution in [3.63, 3.8) is 0 Å². The summed E-state index contributed by atoms with van der Waals surface area (Å²) >= 11 is 0. The summed E-state index contributed by atoms with van der Waals surface area (Å²) in [5.41, 5.74) is 1.68. The predicted molar refractivity (Wildman–Crippen MR) is 126 cm³/mol. The molecule has 3 saturated heterocycles. The fourth-order valence-corrected chi connectivity index (χ4v) is 5.22. The summed E-state index contributed by atoms with van der Waals surface area (Å²) in [4.78, 5) is 15.2. The van der Waals surface area contributed by atoms with Gasteiger partial charge in [0.15, 0.2) is 0 Å². The standard InChI is InChI=1S/C27H30F2N2O3/c1-27(2)16-33-23-13-17(3-5-18-6-7-20(28)14-22(18)29)4-8-21(23)25(27)30-26(32)34-24-15-31-11-9-19(24)10-12-31/h3-8,13-14,19,24-25H,9-12,15-16H2,1-2H3,(H,30,32)/b5-3+/t24-,25?/m1/s1. The number of ether oxygens (including phenoxy) is 2. The van der Waals surface area contributed by atoms with Gasteiger partial charge in [0.1, 0.15) is 23.5 Å². The van der Waals surface area contributed by atoms with E-state index in [1.54, 1.807) is 12.2 Å². The first kappa shape index (κ1) is 22.8. The molecule has 0 saturated carbocycles. The number of hydrogen-bond donors (Lipinski definition) is 1. The van der Waals surface area contributed by atoms with E-state index in [1.807, 2.05) is 18.2 Å². The van der Waals surface area contributed by atoms with Crippen LogP contribution in [0.5, 0.6) is 5.75 Å². The number of nitrogens with one attached hydrogen (secondary N) is 1. The molecule has 2 bridgehead atoms.